The van der Waals surface area contributed by atoms with E-state index in [0.29, 0.717) is 36.6 Å². The smallest absolute Gasteiger partial charge is 0.336 e. The lowest BCUT2D eigenvalue weighted by atomic mass is 10.1. The molecule has 2 N–H and O–H groups in total. The number of benzene rings is 2. The normalized spacial score (nSPS) is 10.7. The highest BCUT2D eigenvalue weighted by atomic mass is 32.1. The van der Waals surface area contributed by atoms with Crippen molar-refractivity contribution in [2.75, 3.05) is 25.5 Å². The first kappa shape index (κ1) is 24.0. The Labute approximate surface area is 206 Å². The van der Waals surface area contributed by atoms with Crippen molar-refractivity contribution in [1.29, 1.82) is 0 Å². The van der Waals surface area contributed by atoms with E-state index in [-0.39, 0.29) is 11.9 Å². The van der Waals surface area contributed by atoms with Gasteiger partial charge in [0.1, 0.15) is 17.9 Å². The van der Waals surface area contributed by atoms with Gasteiger partial charge in [0.2, 0.25) is 0 Å². The Balaban J connectivity index is 1.25. The fourth-order valence-corrected chi connectivity index (χ4v) is 4.01. The molecule has 0 unspecified atom stereocenters. The van der Waals surface area contributed by atoms with E-state index in [1.165, 1.54) is 22.3 Å². The SMILES string of the molecule is Cc1cc(=O)oc2cc(OCc3ccc(C(=O)NCCN(C)C(=O)Nc4cccs4)cc3)ccc12. The van der Waals surface area contributed by atoms with Crippen LogP contribution in [0.1, 0.15) is 21.5 Å². The van der Waals surface area contributed by atoms with E-state index in [0.717, 1.165) is 21.5 Å². The van der Waals surface area contributed by atoms with Gasteiger partial charge in [0.05, 0.1) is 5.00 Å². The van der Waals surface area contributed by atoms with Crippen molar-refractivity contribution >= 4 is 39.2 Å². The van der Waals surface area contributed by atoms with Crippen LogP contribution in [0.2, 0.25) is 0 Å². The van der Waals surface area contributed by atoms with E-state index in [9.17, 15) is 14.4 Å². The number of carbonyl (C=O) groups excluding carboxylic acids is 2. The molecule has 4 aromatic rings. The predicted octanol–water partition coefficient (Wildman–Crippen LogP) is 4.64. The lowest BCUT2D eigenvalue weighted by Crippen LogP contribution is -2.38. The summed E-state index contributed by atoms with van der Waals surface area (Å²) in [6, 6.07) is 17.4. The minimum Gasteiger partial charge on any atom is -0.489 e. The molecular formula is C26H25N3O5S. The lowest BCUT2D eigenvalue weighted by molar-refractivity contribution is 0.0950. The number of thiophene rings is 1. The van der Waals surface area contributed by atoms with Crippen molar-refractivity contribution in [3.8, 4) is 5.75 Å². The molecule has 2 aromatic heterocycles. The van der Waals surface area contributed by atoms with Gasteiger partial charge in [0.25, 0.3) is 5.91 Å². The van der Waals surface area contributed by atoms with Gasteiger partial charge in [-0.15, -0.1) is 11.3 Å². The van der Waals surface area contributed by atoms with Crippen molar-refractivity contribution in [3.63, 3.8) is 0 Å². The Morgan fingerprint density at radius 3 is 2.63 bits per heavy atom. The number of carbonyl (C=O) groups is 2. The molecule has 2 aromatic carbocycles. The second-order valence-electron chi connectivity index (χ2n) is 7.98. The number of amides is 3. The fraction of sp³-hybridized carbons (Fsp3) is 0.192. The molecule has 180 valence electrons. The Morgan fingerprint density at radius 1 is 1.09 bits per heavy atom. The molecule has 35 heavy (non-hydrogen) atoms. The van der Waals surface area contributed by atoms with Crippen molar-refractivity contribution in [2.24, 2.45) is 0 Å². The second kappa shape index (κ2) is 10.9. The Kier molecular flexibility index (Phi) is 7.47. The van der Waals surface area contributed by atoms with Gasteiger partial charge in [0.15, 0.2) is 0 Å². The van der Waals surface area contributed by atoms with Gasteiger partial charge in [-0.1, -0.05) is 12.1 Å². The molecule has 0 radical (unpaired) electrons. The number of likely N-dealkylation sites (N-methyl/N-ethyl adjacent to an activating group) is 1. The van der Waals surface area contributed by atoms with E-state index in [4.69, 9.17) is 9.15 Å². The van der Waals surface area contributed by atoms with E-state index in [1.807, 2.05) is 48.7 Å². The Bertz CT molecular complexity index is 1380. The van der Waals surface area contributed by atoms with Gasteiger partial charge in [0, 0.05) is 43.2 Å². The van der Waals surface area contributed by atoms with Gasteiger partial charge >= 0.3 is 11.7 Å². The molecule has 0 saturated carbocycles. The summed E-state index contributed by atoms with van der Waals surface area (Å²) in [6.45, 7) is 2.86. The highest BCUT2D eigenvalue weighted by Crippen LogP contribution is 2.23. The minimum atomic E-state index is -0.394. The topological polar surface area (TPSA) is 101 Å². The molecule has 0 aliphatic rings. The van der Waals surface area contributed by atoms with Crippen LogP contribution in [0.4, 0.5) is 9.80 Å². The first-order chi connectivity index (χ1) is 16.9. The van der Waals surface area contributed by atoms with Crippen LogP contribution in [-0.2, 0) is 6.61 Å². The molecule has 0 spiro atoms. The molecule has 4 rings (SSSR count). The third-order valence-electron chi connectivity index (χ3n) is 5.38. The number of anilines is 1. The Hall–Kier alpha value is -4.11. The van der Waals surface area contributed by atoms with Gasteiger partial charge in [-0.2, -0.15) is 0 Å². The summed E-state index contributed by atoms with van der Waals surface area (Å²) in [5.74, 6) is 0.366. The van der Waals surface area contributed by atoms with Crippen LogP contribution < -0.4 is 21.0 Å². The van der Waals surface area contributed by atoms with Crippen LogP contribution in [0.5, 0.6) is 5.75 Å². The van der Waals surface area contributed by atoms with Crippen LogP contribution in [0.15, 0.2) is 75.3 Å². The number of nitrogens with one attached hydrogen (secondary N) is 2. The molecule has 0 bridgehead atoms. The summed E-state index contributed by atoms with van der Waals surface area (Å²) in [4.78, 5) is 37.7. The number of hydrogen-bond donors (Lipinski definition) is 2. The fourth-order valence-electron chi connectivity index (χ4n) is 3.41. The zero-order chi connectivity index (χ0) is 24.8. The maximum absolute atomic E-state index is 12.4. The molecule has 0 fully saturated rings. The van der Waals surface area contributed by atoms with Crippen LogP contribution in [-0.4, -0.2) is 37.0 Å². The average Bonchev–Trinajstić information content (AvgIpc) is 3.35. The number of ether oxygens (including phenoxy) is 1. The van der Waals surface area contributed by atoms with Gasteiger partial charge < -0.3 is 19.4 Å². The predicted molar refractivity (Wildman–Crippen MR) is 136 cm³/mol. The van der Waals surface area contributed by atoms with Crippen LogP contribution >= 0.6 is 11.3 Å². The summed E-state index contributed by atoms with van der Waals surface area (Å²) in [5, 5.41) is 9.14. The first-order valence-corrected chi connectivity index (χ1v) is 11.9. The summed E-state index contributed by atoms with van der Waals surface area (Å²) in [6.07, 6.45) is 0. The highest BCUT2D eigenvalue weighted by molar-refractivity contribution is 7.14. The maximum atomic E-state index is 12.4. The minimum absolute atomic E-state index is 0.218. The quantitative estimate of drug-likeness (QED) is 0.350. The molecule has 0 atom stereocenters. The van der Waals surface area contributed by atoms with Crippen LogP contribution in [0, 0.1) is 6.92 Å². The molecule has 3 amide bonds. The van der Waals surface area contributed by atoms with Gasteiger partial charge in [-0.3, -0.25) is 10.1 Å². The molecule has 9 heteroatoms. The van der Waals surface area contributed by atoms with Gasteiger partial charge in [-0.25, -0.2) is 9.59 Å². The Morgan fingerprint density at radius 2 is 1.89 bits per heavy atom. The summed E-state index contributed by atoms with van der Waals surface area (Å²) in [5.41, 5.74) is 2.34. The lowest BCUT2D eigenvalue weighted by Gasteiger charge is -2.17. The third kappa shape index (κ3) is 6.27. The van der Waals surface area contributed by atoms with E-state index >= 15 is 0 Å². The maximum Gasteiger partial charge on any atom is 0.336 e. The van der Waals surface area contributed by atoms with Crippen LogP contribution in [0.3, 0.4) is 0 Å². The number of aryl methyl sites for hydroxylation is 1. The number of fused-ring (bicyclic) bond motifs is 1. The third-order valence-corrected chi connectivity index (χ3v) is 6.16. The zero-order valence-electron chi connectivity index (χ0n) is 19.4. The van der Waals surface area contributed by atoms with E-state index in [1.54, 1.807) is 25.2 Å². The standard InChI is InChI=1S/C26H25N3O5S/c1-17-14-24(30)34-22-15-20(9-10-21(17)22)33-16-18-5-7-19(8-6-18)25(31)27-11-12-29(2)26(32)28-23-4-3-13-35-23/h3-10,13-15H,11-12,16H2,1-2H3,(H,27,31)(H,28,32). The highest BCUT2D eigenvalue weighted by Gasteiger charge is 2.11. The second-order valence-corrected chi connectivity index (χ2v) is 8.92. The molecule has 0 aliphatic heterocycles. The van der Waals surface area contributed by atoms with Gasteiger partial charge in [-0.05, 0) is 59.8 Å². The monoisotopic (exact) mass is 491 g/mol. The van der Waals surface area contributed by atoms with E-state index < -0.39 is 5.63 Å². The summed E-state index contributed by atoms with van der Waals surface area (Å²) >= 11 is 1.45. The number of hydrogen-bond acceptors (Lipinski definition) is 6. The largest absolute Gasteiger partial charge is 0.489 e. The molecular weight excluding hydrogens is 466 g/mol. The molecule has 0 aliphatic carbocycles. The van der Waals surface area contributed by atoms with E-state index in [2.05, 4.69) is 10.6 Å². The summed E-state index contributed by atoms with van der Waals surface area (Å²) < 4.78 is 11.1. The van der Waals surface area contributed by atoms with Crippen molar-refractivity contribution in [2.45, 2.75) is 13.5 Å². The molecule has 2 heterocycles. The van der Waals surface area contributed by atoms with Crippen molar-refractivity contribution in [1.82, 2.24) is 10.2 Å². The number of nitrogens with zero attached hydrogens (tertiary/aromatic N) is 1. The number of rotatable bonds is 8. The first-order valence-electron chi connectivity index (χ1n) is 11.0. The molecule has 0 saturated heterocycles. The van der Waals surface area contributed by atoms with Crippen LogP contribution in [0.25, 0.3) is 11.0 Å². The summed E-state index contributed by atoms with van der Waals surface area (Å²) in [7, 11) is 1.67. The van der Waals surface area contributed by atoms with Crippen molar-refractivity contribution in [3.05, 3.63) is 93.2 Å². The van der Waals surface area contributed by atoms with Crippen molar-refractivity contribution < 1.29 is 18.7 Å². The number of urea groups is 1. The average molecular weight is 492 g/mol. The molecule has 8 nitrogen and oxygen atoms in total. The zero-order valence-corrected chi connectivity index (χ0v) is 20.2.